The van der Waals surface area contributed by atoms with Gasteiger partial charge in [0.05, 0.1) is 0 Å². The largest absolute Gasteiger partial charge is 0.372 e. The van der Waals surface area contributed by atoms with E-state index < -0.39 is 12.5 Å². The van der Waals surface area contributed by atoms with Crippen molar-refractivity contribution in [2.45, 2.75) is 25.4 Å². The van der Waals surface area contributed by atoms with Gasteiger partial charge in [-0.2, -0.15) is 0 Å². The third kappa shape index (κ3) is 1.90. The molecular formula is C7H11F2O. The highest BCUT2D eigenvalue weighted by molar-refractivity contribution is 4.74. The summed E-state index contributed by atoms with van der Waals surface area (Å²) in [5.74, 6) is 0.146. The Kier molecular flexibility index (Phi) is 2.60. The van der Waals surface area contributed by atoms with E-state index >= 15 is 0 Å². The van der Waals surface area contributed by atoms with E-state index in [-0.39, 0.29) is 5.92 Å². The lowest BCUT2D eigenvalue weighted by atomic mass is 9.98. The molecule has 1 aliphatic heterocycles. The van der Waals surface area contributed by atoms with Crippen LogP contribution in [0.2, 0.25) is 0 Å². The van der Waals surface area contributed by atoms with E-state index in [1.165, 1.54) is 0 Å². The standard InChI is InChI=1S/C7H11F2O/c1-5-2-3-10-6(4-5)7(8)9/h5-7H,1-4H2. The van der Waals surface area contributed by atoms with E-state index in [2.05, 4.69) is 6.92 Å². The maximum absolute atomic E-state index is 11.9. The van der Waals surface area contributed by atoms with Gasteiger partial charge in [0.2, 0.25) is 0 Å². The molecule has 0 saturated carbocycles. The van der Waals surface area contributed by atoms with Gasteiger partial charge in [0.15, 0.2) is 0 Å². The number of alkyl halides is 2. The first-order valence-corrected chi connectivity index (χ1v) is 3.43. The summed E-state index contributed by atoms with van der Waals surface area (Å²) in [5, 5.41) is 0. The monoisotopic (exact) mass is 149 g/mol. The first-order valence-electron chi connectivity index (χ1n) is 3.43. The molecule has 0 aromatic heterocycles. The second-order valence-corrected chi connectivity index (χ2v) is 2.63. The molecule has 3 heteroatoms. The zero-order chi connectivity index (χ0) is 7.56. The van der Waals surface area contributed by atoms with E-state index in [0.29, 0.717) is 13.0 Å². The maximum Gasteiger partial charge on any atom is 0.264 e. The molecule has 1 saturated heterocycles. The molecule has 0 spiro atoms. The van der Waals surface area contributed by atoms with Crippen LogP contribution in [0.25, 0.3) is 0 Å². The molecule has 1 fully saturated rings. The molecule has 1 aliphatic rings. The Hall–Kier alpha value is -0.180. The molecule has 1 rings (SSSR count). The van der Waals surface area contributed by atoms with Crippen molar-refractivity contribution in [2.24, 2.45) is 5.92 Å². The lowest BCUT2D eigenvalue weighted by Gasteiger charge is -2.26. The summed E-state index contributed by atoms with van der Waals surface area (Å²) in [6.45, 7) is 4.15. The lowest BCUT2D eigenvalue weighted by Crippen LogP contribution is -2.30. The molecule has 2 atom stereocenters. The van der Waals surface area contributed by atoms with E-state index in [9.17, 15) is 8.78 Å². The summed E-state index contributed by atoms with van der Waals surface area (Å²) < 4.78 is 28.7. The van der Waals surface area contributed by atoms with Crippen molar-refractivity contribution in [3.63, 3.8) is 0 Å². The summed E-state index contributed by atoms with van der Waals surface area (Å²) in [6.07, 6.45) is -2.00. The highest BCUT2D eigenvalue weighted by Gasteiger charge is 2.26. The van der Waals surface area contributed by atoms with Gasteiger partial charge in [0, 0.05) is 6.61 Å². The molecule has 0 aliphatic carbocycles. The van der Waals surface area contributed by atoms with Gasteiger partial charge in [-0.25, -0.2) is 8.78 Å². The summed E-state index contributed by atoms with van der Waals surface area (Å²) in [7, 11) is 0. The molecule has 1 heterocycles. The minimum Gasteiger partial charge on any atom is -0.372 e. The molecule has 0 aromatic carbocycles. The van der Waals surface area contributed by atoms with Crippen LogP contribution >= 0.6 is 0 Å². The van der Waals surface area contributed by atoms with Crippen LogP contribution in [0, 0.1) is 12.8 Å². The minimum atomic E-state index is -2.34. The van der Waals surface area contributed by atoms with E-state index in [0.717, 1.165) is 6.42 Å². The Balaban J connectivity index is 2.32. The SMILES string of the molecule is [CH2]C1CCOC(C(F)F)C1. The van der Waals surface area contributed by atoms with Gasteiger partial charge in [0.1, 0.15) is 6.10 Å². The smallest absolute Gasteiger partial charge is 0.264 e. The van der Waals surface area contributed by atoms with Crippen LogP contribution in [-0.2, 0) is 4.74 Å². The summed E-state index contributed by atoms with van der Waals surface area (Å²) in [6, 6.07) is 0. The summed E-state index contributed by atoms with van der Waals surface area (Å²) in [5.41, 5.74) is 0. The van der Waals surface area contributed by atoms with Crippen molar-refractivity contribution in [1.82, 2.24) is 0 Å². The van der Waals surface area contributed by atoms with Gasteiger partial charge in [-0.1, -0.05) is 0 Å². The van der Waals surface area contributed by atoms with Gasteiger partial charge in [-0.3, -0.25) is 0 Å². The highest BCUT2D eigenvalue weighted by Crippen LogP contribution is 2.22. The summed E-state index contributed by atoms with van der Waals surface area (Å²) in [4.78, 5) is 0. The third-order valence-electron chi connectivity index (χ3n) is 1.70. The van der Waals surface area contributed by atoms with Gasteiger partial charge in [-0.15, -0.1) is 0 Å². The predicted molar refractivity (Wildman–Crippen MR) is 33.8 cm³/mol. The molecule has 0 amide bonds. The van der Waals surface area contributed by atoms with Crippen LogP contribution in [0.1, 0.15) is 12.8 Å². The predicted octanol–water partition coefficient (Wildman–Crippen LogP) is 1.88. The molecule has 59 valence electrons. The van der Waals surface area contributed by atoms with Crippen LogP contribution in [0.3, 0.4) is 0 Å². The minimum absolute atomic E-state index is 0.146. The Morgan fingerprint density at radius 2 is 2.20 bits per heavy atom. The van der Waals surface area contributed by atoms with Crippen molar-refractivity contribution in [2.75, 3.05) is 6.61 Å². The maximum atomic E-state index is 11.9. The molecule has 0 N–H and O–H groups in total. The Labute approximate surface area is 59.4 Å². The fraction of sp³-hybridized carbons (Fsp3) is 0.857. The van der Waals surface area contributed by atoms with Crippen LogP contribution in [0.15, 0.2) is 0 Å². The molecule has 1 nitrogen and oxygen atoms in total. The molecule has 10 heavy (non-hydrogen) atoms. The van der Waals surface area contributed by atoms with E-state index in [1.807, 2.05) is 0 Å². The normalized spacial score (nSPS) is 34.8. The van der Waals surface area contributed by atoms with Crippen molar-refractivity contribution in [3.8, 4) is 0 Å². The zero-order valence-electron chi connectivity index (χ0n) is 5.72. The zero-order valence-corrected chi connectivity index (χ0v) is 5.72. The Bertz CT molecular complexity index is 106. The van der Waals surface area contributed by atoms with Gasteiger partial charge in [0.25, 0.3) is 6.43 Å². The molecule has 1 radical (unpaired) electrons. The highest BCUT2D eigenvalue weighted by atomic mass is 19.3. The second-order valence-electron chi connectivity index (χ2n) is 2.63. The number of halogens is 2. The number of hydrogen-bond acceptors (Lipinski definition) is 1. The molecule has 0 aromatic rings. The fourth-order valence-corrected chi connectivity index (χ4v) is 1.08. The van der Waals surface area contributed by atoms with Crippen molar-refractivity contribution in [1.29, 1.82) is 0 Å². The Morgan fingerprint density at radius 1 is 1.50 bits per heavy atom. The molecular weight excluding hydrogens is 138 g/mol. The fourth-order valence-electron chi connectivity index (χ4n) is 1.08. The number of hydrogen-bond donors (Lipinski definition) is 0. The van der Waals surface area contributed by atoms with Crippen LogP contribution < -0.4 is 0 Å². The second kappa shape index (κ2) is 3.28. The first-order chi connectivity index (χ1) is 4.70. The van der Waals surface area contributed by atoms with Crippen LogP contribution in [0.5, 0.6) is 0 Å². The van der Waals surface area contributed by atoms with Gasteiger partial charge < -0.3 is 4.74 Å². The van der Waals surface area contributed by atoms with E-state index in [4.69, 9.17) is 4.74 Å². The third-order valence-corrected chi connectivity index (χ3v) is 1.70. The van der Waals surface area contributed by atoms with Gasteiger partial charge in [-0.05, 0) is 25.7 Å². The van der Waals surface area contributed by atoms with E-state index in [1.54, 1.807) is 0 Å². The topological polar surface area (TPSA) is 9.23 Å². The van der Waals surface area contributed by atoms with Crippen molar-refractivity contribution >= 4 is 0 Å². The first kappa shape index (κ1) is 7.92. The average molecular weight is 149 g/mol. The lowest BCUT2D eigenvalue weighted by molar-refractivity contribution is -0.0875. The molecule has 2 unspecified atom stereocenters. The quantitative estimate of drug-likeness (QED) is 0.553. The molecule has 0 bridgehead atoms. The van der Waals surface area contributed by atoms with Crippen LogP contribution in [-0.4, -0.2) is 19.1 Å². The summed E-state index contributed by atoms with van der Waals surface area (Å²) >= 11 is 0. The van der Waals surface area contributed by atoms with Crippen molar-refractivity contribution in [3.05, 3.63) is 6.92 Å². The van der Waals surface area contributed by atoms with Gasteiger partial charge >= 0.3 is 0 Å². The number of rotatable bonds is 1. The van der Waals surface area contributed by atoms with Crippen molar-refractivity contribution < 1.29 is 13.5 Å². The number of ether oxygens (including phenoxy) is 1. The van der Waals surface area contributed by atoms with Crippen LogP contribution in [0.4, 0.5) is 8.78 Å². The Morgan fingerprint density at radius 3 is 2.60 bits per heavy atom. The average Bonchev–Trinajstić information content (AvgIpc) is 1.88.